The Bertz CT molecular complexity index is 2550. The van der Waals surface area contributed by atoms with Crippen LogP contribution in [-0.2, 0) is 99.2 Å². The normalized spacial score (nSPS) is 28.5. The molecular formula is C60H103N5O30P2. The number of hydrogen-bond donors (Lipinski definition) is 13. The fourth-order valence-electron chi connectivity index (χ4n) is 10.7. The van der Waals surface area contributed by atoms with E-state index in [1.165, 1.54) is 39.5 Å². The standard InChI is InChI=1S/C60H103N5O30P2/c1-35(2)97(83,84)91-31-48-45(25-37(4)92-48)95-96(7,82)90-30-40-26-44(74)27-65(40)51(77)12-11-50(76)64-60(32-85-20-14-36(3)68,33-86-21-15-41(71)9-8-10-42(72)16-23-88-58-52(62-38(5)69)56(80)54(78)46(28-66)93-58)34-87-22-18-49(75)61-19-13-43(73)17-24-89-59-53(63-39(6)70)57(81)55(79)47(29-67)94-59/h35,37,40,44-48,52-59,66-67,74,78-82H,7-34H2,1-6H3,(H,61,75)(H,62,69)(H,63,70)(H,64,76)(H,83,84)/t37-,40-,44+,45-,46?,47?,48+,52?,53?,54-,55-,56+,57+,58+,59+,60?,96?/m0/s1. The van der Waals surface area contributed by atoms with Gasteiger partial charge in [0.15, 0.2) is 12.6 Å². The highest BCUT2D eigenvalue weighted by atomic mass is 31.2. The van der Waals surface area contributed by atoms with E-state index < -0.39 is 174 Å². The number of likely N-dealkylation sites (tertiary alicyclic amines) is 1. The van der Waals surface area contributed by atoms with Crippen LogP contribution in [0.25, 0.3) is 0 Å². The summed E-state index contributed by atoms with van der Waals surface area (Å²) < 4.78 is 75.2. The van der Waals surface area contributed by atoms with Crippen molar-refractivity contribution in [3.63, 3.8) is 0 Å². The van der Waals surface area contributed by atoms with E-state index in [0.29, 0.717) is 0 Å². The molecule has 0 aromatic carbocycles. The summed E-state index contributed by atoms with van der Waals surface area (Å²) in [5, 5.41) is 81.7. The van der Waals surface area contributed by atoms with Crippen LogP contribution >= 0.6 is 15.2 Å². The Morgan fingerprint density at radius 2 is 1.11 bits per heavy atom. The summed E-state index contributed by atoms with van der Waals surface area (Å²) in [6.07, 6.45) is -12.0. The summed E-state index contributed by atoms with van der Waals surface area (Å²) in [5.41, 5.74) is -2.30. The van der Waals surface area contributed by atoms with Crippen LogP contribution in [0.5, 0.6) is 0 Å². The number of rotatable bonds is 47. The molecule has 7 unspecified atom stereocenters. The van der Waals surface area contributed by atoms with Crippen molar-refractivity contribution in [2.24, 2.45) is 0 Å². The number of nitrogens with one attached hydrogen (secondary N) is 4. The van der Waals surface area contributed by atoms with Gasteiger partial charge in [-0.25, -0.2) is 0 Å². The number of ketones is 4. The number of hydrogen-bond acceptors (Lipinski definition) is 29. The predicted molar refractivity (Wildman–Crippen MR) is 339 cm³/mol. The van der Waals surface area contributed by atoms with E-state index >= 15 is 0 Å². The van der Waals surface area contributed by atoms with Crippen LogP contribution in [0.2, 0.25) is 0 Å². The van der Waals surface area contributed by atoms with Gasteiger partial charge in [-0.05, 0) is 33.0 Å². The minimum Gasteiger partial charge on any atom is -0.394 e. The van der Waals surface area contributed by atoms with Crippen LogP contribution < -0.4 is 21.3 Å². The fraction of sp³-hybridized carbons (Fsp3) is 0.833. The molecule has 4 heterocycles. The molecule has 18 atom stereocenters. The van der Waals surface area contributed by atoms with Gasteiger partial charge in [-0.2, -0.15) is 0 Å². The SMILES string of the molecule is C=P(O)(OC[C@@H]1C[C@@H](O)CN1C(=O)CCC(=O)NC(COCCC(C)=O)(COCCC(=O)CCCC(=O)CCO[C@@H]1OC(CO)[C@H](O)[C@H](O)C1NC(C)=O)COCCC(=O)NCCC(=O)CCO[C@@H]1OC(CO)[C@H](O)[C@H](O)C1NC(C)=O)O[C@H]1C[C@H](C)O[C@@H]1COP(=O)(O)C(C)C. The maximum atomic E-state index is 14.0. The van der Waals surface area contributed by atoms with Crippen molar-refractivity contribution in [1.29, 1.82) is 0 Å². The number of carbonyl (C=O) groups excluding carboxylic acids is 9. The van der Waals surface area contributed by atoms with Gasteiger partial charge < -0.3 is 123 Å². The number of aliphatic hydroxyl groups excluding tert-OH is 7. The summed E-state index contributed by atoms with van der Waals surface area (Å²) in [5.74, 6) is -4.12. The van der Waals surface area contributed by atoms with Gasteiger partial charge in [0.25, 0.3) is 0 Å². The molecule has 0 radical (unpaired) electrons. The molecule has 13 N–H and O–H groups in total. The number of nitrogens with zero attached hydrogens (tertiary/aromatic N) is 1. The fourth-order valence-corrected chi connectivity index (χ4v) is 12.5. The second-order valence-electron chi connectivity index (χ2n) is 25.0. The Balaban J connectivity index is 1.36. The number of Topliss-reactive ketones (excluding diaryl/α,β-unsaturated/α-hetero) is 4. The van der Waals surface area contributed by atoms with Gasteiger partial charge in [0.2, 0.25) is 37.1 Å². The molecule has 4 aliphatic heterocycles. The van der Waals surface area contributed by atoms with E-state index in [2.05, 4.69) is 27.6 Å². The maximum absolute atomic E-state index is 14.0. The number of aliphatic hydroxyl groups is 7. The first-order valence-corrected chi connectivity index (χ1v) is 35.9. The van der Waals surface area contributed by atoms with Gasteiger partial charge in [0.1, 0.15) is 83.5 Å². The van der Waals surface area contributed by atoms with Gasteiger partial charge in [-0.1, -0.05) is 13.8 Å². The lowest BCUT2D eigenvalue weighted by atomic mass is 9.97. The first-order valence-electron chi connectivity index (χ1n) is 32.5. The van der Waals surface area contributed by atoms with Crippen molar-refractivity contribution >= 4 is 74.1 Å². The molecule has 0 aliphatic carbocycles. The minimum atomic E-state index is -3.98. The molecule has 0 bridgehead atoms. The number of carbonyl (C=O) groups is 9. The van der Waals surface area contributed by atoms with E-state index in [0.717, 1.165) is 0 Å². The van der Waals surface area contributed by atoms with E-state index in [-0.39, 0.29) is 172 Å². The van der Waals surface area contributed by atoms with Crippen molar-refractivity contribution in [3.8, 4) is 0 Å². The van der Waals surface area contributed by atoms with Crippen molar-refractivity contribution < 1.29 is 145 Å². The highest BCUT2D eigenvalue weighted by Gasteiger charge is 2.48. The van der Waals surface area contributed by atoms with E-state index in [1.807, 2.05) is 0 Å². The second-order valence-corrected chi connectivity index (χ2v) is 29.1. The molecule has 558 valence electrons. The third-order valence-electron chi connectivity index (χ3n) is 16.1. The molecule has 0 aromatic heterocycles. The molecule has 5 amide bonds. The summed E-state index contributed by atoms with van der Waals surface area (Å²) >= 11 is 0. The average Bonchev–Trinajstić information content (AvgIpc) is 1.34. The van der Waals surface area contributed by atoms with Crippen molar-refractivity contribution in [1.82, 2.24) is 26.2 Å². The lowest BCUT2D eigenvalue weighted by Gasteiger charge is -2.42. The Labute approximate surface area is 563 Å². The summed E-state index contributed by atoms with van der Waals surface area (Å²) in [7, 11) is -7.89. The largest absolute Gasteiger partial charge is 0.394 e. The molecule has 0 aromatic rings. The lowest BCUT2D eigenvalue weighted by molar-refractivity contribution is -0.269. The van der Waals surface area contributed by atoms with Crippen LogP contribution in [0.1, 0.15) is 125 Å². The summed E-state index contributed by atoms with van der Waals surface area (Å²) in [6.45, 7) is 4.05. The summed E-state index contributed by atoms with van der Waals surface area (Å²) in [4.78, 5) is 138. The zero-order valence-electron chi connectivity index (χ0n) is 56.0. The van der Waals surface area contributed by atoms with Crippen LogP contribution in [0, 0.1) is 0 Å². The smallest absolute Gasteiger partial charge is 0.330 e. The Hall–Kier alpha value is -4.24. The maximum Gasteiger partial charge on any atom is 0.330 e. The quantitative estimate of drug-likeness (QED) is 0.0211. The number of β-amino-alcohol motifs (C(OH)–C–C–N with tert-alkyl or cyclic N) is 1. The number of ether oxygens (including phenoxy) is 8. The van der Waals surface area contributed by atoms with Gasteiger partial charge in [0, 0.05) is 97.6 Å². The van der Waals surface area contributed by atoms with Crippen LogP contribution in [0.15, 0.2) is 0 Å². The topological polar surface area (TPSA) is 506 Å². The van der Waals surface area contributed by atoms with E-state index in [1.54, 1.807) is 6.92 Å². The zero-order chi connectivity index (χ0) is 72.2. The third kappa shape index (κ3) is 30.1. The highest BCUT2D eigenvalue weighted by Crippen LogP contribution is 2.50. The molecule has 4 fully saturated rings. The van der Waals surface area contributed by atoms with Crippen molar-refractivity contribution in [3.05, 3.63) is 0 Å². The first-order chi connectivity index (χ1) is 45.7. The van der Waals surface area contributed by atoms with Gasteiger partial charge in [-0.15, -0.1) is 0 Å². The van der Waals surface area contributed by atoms with Crippen LogP contribution in [0.4, 0.5) is 0 Å². The van der Waals surface area contributed by atoms with Crippen molar-refractivity contribution in [2.75, 3.05) is 92.4 Å². The average molecular weight is 1440 g/mol. The monoisotopic (exact) mass is 1440 g/mol. The molecule has 97 heavy (non-hydrogen) atoms. The third-order valence-corrected chi connectivity index (χ3v) is 19.1. The molecule has 0 saturated carbocycles. The zero-order valence-corrected chi connectivity index (χ0v) is 57.8. The molecule has 4 saturated heterocycles. The molecular weight excluding hydrogens is 1330 g/mol. The Morgan fingerprint density at radius 3 is 1.62 bits per heavy atom. The van der Waals surface area contributed by atoms with E-state index in [4.69, 9.17) is 51.5 Å². The molecule has 4 aliphatic rings. The second kappa shape index (κ2) is 42.2. The molecule has 35 nitrogen and oxygen atoms in total. The number of amides is 5. The van der Waals surface area contributed by atoms with Crippen molar-refractivity contribution in [2.45, 2.75) is 228 Å². The molecule has 0 spiro atoms. The summed E-state index contributed by atoms with van der Waals surface area (Å²) in [6, 6.07) is -3.23. The van der Waals surface area contributed by atoms with Gasteiger partial charge >= 0.3 is 7.60 Å². The van der Waals surface area contributed by atoms with Crippen LogP contribution in [-0.4, -0.2) is 305 Å². The molecule has 4 rings (SSSR count). The predicted octanol–water partition coefficient (Wildman–Crippen LogP) is -3.15. The Morgan fingerprint density at radius 1 is 0.608 bits per heavy atom. The minimum absolute atomic E-state index is 0.0224. The van der Waals surface area contributed by atoms with Crippen LogP contribution in [0.3, 0.4) is 0 Å². The molecule has 37 heteroatoms. The first kappa shape index (κ1) is 85.2. The Kier molecular flexibility index (Phi) is 37.1. The highest BCUT2D eigenvalue weighted by molar-refractivity contribution is 7.58. The van der Waals surface area contributed by atoms with E-state index in [9.17, 15) is 93.2 Å². The van der Waals surface area contributed by atoms with Gasteiger partial charge in [-0.3, -0.25) is 47.7 Å². The van der Waals surface area contributed by atoms with Gasteiger partial charge in [0.05, 0.1) is 109 Å². The lowest BCUT2D eigenvalue weighted by Crippen LogP contribution is -2.64.